The van der Waals surface area contributed by atoms with E-state index in [1.54, 1.807) is 0 Å². The van der Waals surface area contributed by atoms with Gasteiger partial charge in [0.05, 0.1) is 11.9 Å². The van der Waals surface area contributed by atoms with E-state index in [2.05, 4.69) is 26.1 Å². The Kier molecular flexibility index (Phi) is 2.78. The number of rotatable bonds is 2. The second-order valence-electron chi connectivity index (χ2n) is 3.45. The average molecular weight is 281 g/mol. The predicted molar refractivity (Wildman–Crippen MR) is 63.4 cm³/mol. The molecule has 1 aromatic carbocycles. The summed E-state index contributed by atoms with van der Waals surface area (Å²) >= 11 is 3.41. The number of aryl methyl sites for hydroxylation is 1. The molecular formula is C11H9BrN2O2. The number of hydrogen-bond donors (Lipinski definition) is 2. The third kappa shape index (κ3) is 1.86. The van der Waals surface area contributed by atoms with Crippen LogP contribution in [0.1, 0.15) is 15.9 Å². The Morgan fingerprint density at radius 3 is 2.88 bits per heavy atom. The lowest BCUT2D eigenvalue weighted by Crippen LogP contribution is -1.97. The summed E-state index contributed by atoms with van der Waals surface area (Å²) in [6.45, 7) is 1.97. The number of aromatic carboxylic acids is 1. The van der Waals surface area contributed by atoms with Crippen molar-refractivity contribution in [3.63, 3.8) is 0 Å². The summed E-state index contributed by atoms with van der Waals surface area (Å²) in [7, 11) is 0. The predicted octanol–water partition coefficient (Wildman–Crippen LogP) is 2.85. The first-order valence-corrected chi connectivity index (χ1v) is 5.42. The van der Waals surface area contributed by atoms with E-state index in [-0.39, 0.29) is 5.56 Å². The third-order valence-corrected chi connectivity index (χ3v) is 2.92. The molecule has 1 aromatic heterocycles. The molecule has 0 bridgehead atoms. The van der Waals surface area contributed by atoms with Gasteiger partial charge in [-0.3, -0.25) is 5.10 Å². The number of aromatic nitrogens is 2. The van der Waals surface area contributed by atoms with Crippen molar-refractivity contribution in [2.45, 2.75) is 6.92 Å². The Morgan fingerprint density at radius 2 is 2.25 bits per heavy atom. The summed E-state index contributed by atoms with van der Waals surface area (Å²) in [5, 5.41) is 15.4. The smallest absolute Gasteiger partial charge is 0.339 e. The minimum absolute atomic E-state index is 0.171. The highest BCUT2D eigenvalue weighted by Gasteiger charge is 2.15. The van der Waals surface area contributed by atoms with Crippen LogP contribution in [0.15, 0.2) is 28.9 Å². The first-order chi connectivity index (χ1) is 7.59. The molecule has 0 fully saturated rings. The third-order valence-electron chi connectivity index (χ3n) is 2.26. The number of carboxylic acids is 1. The molecule has 82 valence electrons. The number of aromatic amines is 1. The normalized spacial score (nSPS) is 10.4. The van der Waals surface area contributed by atoms with E-state index in [4.69, 9.17) is 5.11 Å². The van der Waals surface area contributed by atoms with Crippen molar-refractivity contribution < 1.29 is 9.90 Å². The van der Waals surface area contributed by atoms with E-state index in [9.17, 15) is 4.79 Å². The van der Waals surface area contributed by atoms with Gasteiger partial charge in [-0.05, 0) is 18.6 Å². The standard InChI is InChI=1S/C11H9BrN2O2/c1-6-2-3-7(9(12)4-6)10-8(11(15)16)5-13-14-10/h2-5H,1H3,(H,13,14)(H,15,16). The topological polar surface area (TPSA) is 66.0 Å². The number of benzene rings is 1. The van der Waals surface area contributed by atoms with Gasteiger partial charge in [0.15, 0.2) is 0 Å². The van der Waals surface area contributed by atoms with Gasteiger partial charge in [-0.15, -0.1) is 0 Å². The van der Waals surface area contributed by atoms with Gasteiger partial charge in [0.2, 0.25) is 0 Å². The monoisotopic (exact) mass is 280 g/mol. The summed E-state index contributed by atoms with van der Waals surface area (Å²) in [4.78, 5) is 11.0. The molecule has 0 saturated carbocycles. The summed E-state index contributed by atoms with van der Waals surface area (Å²) in [5.41, 5.74) is 2.58. The maximum Gasteiger partial charge on any atom is 0.339 e. The Balaban J connectivity index is 2.59. The number of carboxylic acid groups (broad SMARTS) is 1. The molecule has 5 heteroatoms. The first kappa shape index (κ1) is 10.9. The molecule has 0 spiro atoms. The molecule has 0 radical (unpaired) electrons. The number of halogens is 1. The molecule has 4 nitrogen and oxygen atoms in total. The van der Waals surface area contributed by atoms with Gasteiger partial charge in [-0.25, -0.2) is 4.79 Å². The Hall–Kier alpha value is -1.62. The largest absolute Gasteiger partial charge is 0.478 e. The van der Waals surface area contributed by atoms with E-state index in [1.807, 2.05) is 25.1 Å². The van der Waals surface area contributed by atoms with Gasteiger partial charge in [0, 0.05) is 10.0 Å². The second kappa shape index (κ2) is 4.09. The minimum Gasteiger partial charge on any atom is -0.478 e. The Morgan fingerprint density at radius 1 is 1.50 bits per heavy atom. The molecule has 2 N–H and O–H groups in total. The van der Waals surface area contributed by atoms with Crippen molar-refractivity contribution >= 4 is 21.9 Å². The first-order valence-electron chi connectivity index (χ1n) is 4.63. The number of nitrogens with zero attached hydrogens (tertiary/aromatic N) is 1. The van der Waals surface area contributed by atoms with Crippen LogP contribution >= 0.6 is 15.9 Å². The van der Waals surface area contributed by atoms with Crippen LogP contribution in [-0.2, 0) is 0 Å². The minimum atomic E-state index is -0.990. The van der Waals surface area contributed by atoms with Crippen LogP contribution in [0.4, 0.5) is 0 Å². The molecule has 0 aliphatic heterocycles. The maximum atomic E-state index is 11.0. The van der Waals surface area contributed by atoms with E-state index < -0.39 is 5.97 Å². The molecule has 0 saturated heterocycles. The summed E-state index contributed by atoms with van der Waals surface area (Å²) in [6.07, 6.45) is 1.31. The van der Waals surface area contributed by atoms with Crippen LogP contribution < -0.4 is 0 Å². The number of hydrogen-bond acceptors (Lipinski definition) is 2. The van der Waals surface area contributed by atoms with Gasteiger partial charge >= 0.3 is 5.97 Å². The number of nitrogens with one attached hydrogen (secondary N) is 1. The van der Waals surface area contributed by atoms with Crippen LogP contribution in [0.5, 0.6) is 0 Å². The van der Waals surface area contributed by atoms with Gasteiger partial charge in [0.25, 0.3) is 0 Å². The van der Waals surface area contributed by atoms with Crippen molar-refractivity contribution in [2.75, 3.05) is 0 Å². The fourth-order valence-electron chi connectivity index (χ4n) is 1.48. The molecule has 0 atom stereocenters. The Bertz CT molecular complexity index is 549. The van der Waals surface area contributed by atoms with Crippen molar-refractivity contribution in [2.24, 2.45) is 0 Å². The second-order valence-corrected chi connectivity index (χ2v) is 4.30. The fourth-order valence-corrected chi connectivity index (χ4v) is 2.17. The molecule has 0 aliphatic carbocycles. The van der Waals surface area contributed by atoms with Crippen molar-refractivity contribution in [1.82, 2.24) is 10.2 Å². The molecular weight excluding hydrogens is 272 g/mol. The summed E-state index contributed by atoms with van der Waals surface area (Å²) in [6, 6.07) is 5.72. The zero-order chi connectivity index (χ0) is 11.7. The van der Waals surface area contributed by atoms with Crippen molar-refractivity contribution in [3.05, 3.63) is 40.0 Å². The molecule has 16 heavy (non-hydrogen) atoms. The van der Waals surface area contributed by atoms with E-state index in [0.717, 1.165) is 15.6 Å². The molecule has 0 amide bonds. The number of H-pyrrole nitrogens is 1. The zero-order valence-electron chi connectivity index (χ0n) is 8.49. The summed E-state index contributed by atoms with van der Waals surface area (Å²) < 4.78 is 0.847. The fraction of sp³-hybridized carbons (Fsp3) is 0.0909. The van der Waals surface area contributed by atoms with Gasteiger partial charge in [0.1, 0.15) is 5.56 Å². The molecule has 1 heterocycles. The lowest BCUT2D eigenvalue weighted by atomic mass is 10.1. The van der Waals surface area contributed by atoms with E-state index >= 15 is 0 Å². The van der Waals surface area contributed by atoms with Crippen LogP contribution in [0.3, 0.4) is 0 Å². The van der Waals surface area contributed by atoms with Gasteiger partial charge in [-0.1, -0.05) is 28.1 Å². The van der Waals surface area contributed by atoms with Crippen LogP contribution in [0, 0.1) is 6.92 Å². The van der Waals surface area contributed by atoms with E-state index in [1.165, 1.54) is 6.20 Å². The molecule has 0 unspecified atom stereocenters. The number of carbonyl (C=O) groups is 1. The van der Waals surface area contributed by atoms with E-state index in [0.29, 0.717) is 5.69 Å². The lowest BCUT2D eigenvalue weighted by molar-refractivity contribution is 0.0698. The molecule has 2 rings (SSSR count). The maximum absolute atomic E-state index is 11.0. The quantitative estimate of drug-likeness (QED) is 0.889. The summed E-state index contributed by atoms with van der Waals surface area (Å²) in [5.74, 6) is -0.990. The average Bonchev–Trinajstić information content (AvgIpc) is 2.66. The highest BCUT2D eigenvalue weighted by molar-refractivity contribution is 9.10. The van der Waals surface area contributed by atoms with Crippen molar-refractivity contribution in [3.8, 4) is 11.3 Å². The lowest BCUT2D eigenvalue weighted by Gasteiger charge is -2.04. The SMILES string of the molecule is Cc1ccc(-c2[nH]ncc2C(=O)O)c(Br)c1. The van der Waals surface area contributed by atoms with Crippen LogP contribution in [0.25, 0.3) is 11.3 Å². The van der Waals surface area contributed by atoms with Gasteiger partial charge in [-0.2, -0.15) is 5.10 Å². The highest BCUT2D eigenvalue weighted by atomic mass is 79.9. The highest BCUT2D eigenvalue weighted by Crippen LogP contribution is 2.29. The van der Waals surface area contributed by atoms with Crippen molar-refractivity contribution in [1.29, 1.82) is 0 Å². The van der Waals surface area contributed by atoms with Crippen LogP contribution in [0.2, 0.25) is 0 Å². The Labute approximate surface area is 100 Å². The molecule has 0 aliphatic rings. The van der Waals surface area contributed by atoms with Crippen LogP contribution in [-0.4, -0.2) is 21.3 Å². The zero-order valence-corrected chi connectivity index (χ0v) is 10.1. The van der Waals surface area contributed by atoms with Gasteiger partial charge < -0.3 is 5.11 Å². The molecule has 2 aromatic rings.